The number of hydrazone groups is 1. The van der Waals surface area contributed by atoms with E-state index in [1.165, 1.54) is 6.42 Å². The lowest BCUT2D eigenvalue weighted by Gasteiger charge is -2.12. The van der Waals surface area contributed by atoms with Crippen LogP contribution in [0.25, 0.3) is 22.0 Å². The smallest absolute Gasteiger partial charge is 0.288 e. The molecular formula is C21H21N3O. The molecule has 4 rings (SSSR count). The zero-order valence-electron chi connectivity index (χ0n) is 14.1. The van der Waals surface area contributed by atoms with Crippen molar-refractivity contribution in [2.45, 2.75) is 32.1 Å². The summed E-state index contributed by atoms with van der Waals surface area (Å²) in [5.74, 6) is -0.187. The third-order valence-electron chi connectivity index (χ3n) is 4.74. The Morgan fingerprint density at radius 3 is 2.44 bits per heavy atom. The molecule has 1 aliphatic carbocycles. The lowest BCUT2D eigenvalue weighted by molar-refractivity contribution is 0.0951. The van der Waals surface area contributed by atoms with Gasteiger partial charge in [0.15, 0.2) is 0 Å². The van der Waals surface area contributed by atoms with Crippen LogP contribution in [0.5, 0.6) is 0 Å². The molecule has 0 unspecified atom stereocenters. The van der Waals surface area contributed by atoms with Gasteiger partial charge in [-0.1, -0.05) is 55.0 Å². The summed E-state index contributed by atoms with van der Waals surface area (Å²) in [7, 11) is 0. The molecule has 1 fully saturated rings. The van der Waals surface area contributed by atoms with Crippen molar-refractivity contribution in [3.8, 4) is 11.1 Å². The van der Waals surface area contributed by atoms with Gasteiger partial charge in [0.25, 0.3) is 5.91 Å². The fraction of sp³-hybridized carbons (Fsp3) is 0.238. The Hall–Kier alpha value is -2.88. The first-order valence-corrected chi connectivity index (χ1v) is 8.85. The van der Waals surface area contributed by atoms with Crippen LogP contribution in [0.1, 0.15) is 42.6 Å². The van der Waals surface area contributed by atoms with Crippen LogP contribution in [0.15, 0.2) is 59.7 Å². The molecule has 0 spiro atoms. The van der Waals surface area contributed by atoms with Gasteiger partial charge in [-0.2, -0.15) is 5.10 Å². The largest absolute Gasteiger partial charge is 0.350 e. The van der Waals surface area contributed by atoms with E-state index >= 15 is 0 Å². The molecule has 1 heterocycles. The number of nitrogens with one attached hydrogen (secondary N) is 2. The maximum Gasteiger partial charge on any atom is 0.288 e. The highest BCUT2D eigenvalue weighted by Gasteiger charge is 2.19. The molecule has 126 valence electrons. The first-order valence-electron chi connectivity index (χ1n) is 8.85. The van der Waals surface area contributed by atoms with E-state index in [0.29, 0.717) is 5.69 Å². The summed E-state index contributed by atoms with van der Waals surface area (Å²) in [6.07, 6.45) is 5.55. The van der Waals surface area contributed by atoms with E-state index in [1.54, 1.807) is 0 Å². The van der Waals surface area contributed by atoms with Crippen LogP contribution in [-0.2, 0) is 0 Å². The molecule has 1 saturated carbocycles. The van der Waals surface area contributed by atoms with Crippen LogP contribution in [0.4, 0.5) is 0 Å². The van der Waals surface area contributed by atoms with Crippen LogP contribution in [0.2, 0.25) is 0 Å². The first kappa shape index (κ1) is 15.6. The molecule has 0 aliphatic heterocycles. The Bertz CT molecular complexity index is 917. The average Bonchev–Trinajstić information content (AvgIpc) is 3.07. The van der Waals surface area contributed by atoms with Crippen molar-refractivity contribution in [2.75, 3.05) is 0 Å². The summed E-state index contributed by atoms with van der Waals surface area (Å²) in [5, 5.41) is 5.41. The molecule has 4 nitrogen and oxygen atoms in total. The number of fused-ring (bicyclic) bond motifs is 1. The second-order valence-corrected chi connectivity index (χ2v) is 6.47. The standard InChI is InChI=1S/C21H21N3O/c25-21(24-23-16-11-5-2-6-12-16)20-19(15-9-3-1-4-10-15)17-13-7-8-14-18(17)22-20/h1,3-4,7-10,13-14,22H,2,5-6,11-12H2,(H,24,25). The molecule has 0 atom stereocenters. The van der Waals surface area contributed by atoms with E-state index in [4.69, 9.17) is 0 Å². The maximum atomic E-state index is 12.8. The predicted octanol–water partition coefficient (Wildman–Crippen LogP) is 4.88. The minimum atomic E-state index is -0.187. The van der Waals surface area contributed by atoms with Crippen LogP contribution in [0, 0.1) is 0 Å². The normalized spacial score (nSPS) is 14.5. The van der Waals surface area contributed by atoms with Crippen LogP contribution in [-0.4, -0.2) is 16.6 Å². The van der Waals surface area contributed by atoms with Crippen molar-refractivity contribution in [3.05, 3.63) is 60.3 Å². The molecule has 2 aromatic carbocycles. The molecule has 2 N–H and O–H groups in total. The Morgan fingerprint density at radius 1 is 0.920 bits per heavy atom. The van der Waals surface area contributed by atoms with E-state index in [-0.39, 0.29) is 5.91 Å². The molecule has 0 saturated heterocycles. The SMILES string of the molecule is O=C(NN=C1CCCCC1)c1[nH]c2ccccc2c1-c1ccccc1. The zero-order valence-corrected chi connectivity index (χ0v) is 14.1. The van der Waals surface area contributed by atoms with Crippen molar-refractivity contribution in [2.24, 2.45) is 5.10 Å². The molecule has 1 aromatic heterocycles. The second-order valence-electron chi connectivity index (χ2n) is 6.47. The van der Waals surface area contributed by atoms with E-state index < -0.39 is 0 Å². The van der Waals surface area contributed by atoms with Crippen molar-refractivity contribution >= 4 is 22.5 Å². The fourth-order valence-corrected chi connectivity index (χ4v) is 3.47. The number of benzene rings is 2. The van der Waals surface area contributed by atoms with Gasteiger partial charge in [0.1, 0.15) is 5.69 Å². The van der Waals surface area contributed by atoms with E-state index in [1.807, 2.05) is 54.6 Å². The Kier molecular flexibility index (Phi) is 4.34. The third kappa shape index (κ3) is 3.20. The van der Waals surface area contributed by atoms with Gasteiger partial charge in [0, 0.05) is 22.2 Å². The molecule has 25 heavy (non-hydrogen) atoms. The van der Waals surface area contributed by atoms with Crippen LogP contribution in [0.3, 0.4) is 0 Å². The van der Waals surface area contributed by atoms with Gasteiger partial charge in [-0.15, -0.1) is 0 Å². The number of nitrogens with zero attached hydrogens (tertiary/aromatic N) is 1. The van der Waals surface area contributed by atoms with Crippen molar-refractivity contribution in [1.82, 2.24) is 10.4 Å². The number of hydrogen-bond donors (Lipinski definition) is 2. The van der Waals surface area contributed by atoms with Crippen molar-refractivity contribution in [1.29, 1.82) is 0 Å². The highest BCUT2D eigenvalue weighted by atomic mass is 16.2. The van der Waals surface area contributed by atoms with Gasteiger partial charge in [0.2, 0.25) is 0 Å². The Labute approximate surface area is 147 Å². The lowest BCUT2D eigenvalue weighted by atomic mass is 9.99. The maximum absolute atomic E-state index is 12.8. The highest BCUT2D eigenvalue weighted by Crippen LogP contribution is 2.32. The zero-order chi connectivity index (χ0) is 17.1. The number of carbonyl (C=O) groups excluding carboxylic acids is 1. The van der Waals surface area contributed by atoms with Crippen LogP contribution < -0.4 is 5.43 Å². The molecule has 3 aromatic rings. The van der Waals surface area contributed by atoms with Gasteiger partial charge < -0.3 is 4.98 Å². The summed E-state index contributed by atoms with van der Waals surface area (Å²) in [6.45, 7) is 0. The summed E-state index contributed by atoms with van der Waals surface area (Å²) in [4.78, 5) is 16.1. The van der Waals surface area contributed by atoms with E-state index in [0.717, 1.165) is 53.4 Å². The fourth-order valence-electron chi connectivity index (χ4n) is 3.47. The molecule has 1 aliphatic rings. The number of aromatic nitrogens is 1. The number of rotatable bonds is 3. The minimum absolute atomic E-state index is 0.187. The molecule has 1 amide bonds. The monoisotopic (exact) mass is 331 g/mol. The molecule has 0 radical (unpaired) electrons. The van der Waals surface area contributed by atoms with Crippen molar-refractivity contribution < 1.29 is 4.79 Å². The quantitative estimate of drug-likeness (QED) is 0.660. The summed E-state index contributed by atoms with van der Waals surface area (Å²) in [6, 6.07) is 18.0. The Balaban J connectivity index is 1.72. The number of aromatic amines is 1. The number of H-pyrrole nitrogens is 1. The summed E-state index contributed by atoms with van der Waals surface area (Å²) < 4.78 is 0. The molecular weight excluding hydrogens is 310 g/mol. The third-order valence-corrected chi connectivity index (χ3v) is 4.74. The van der Waals surface area contributed by atoms with Crippen molar-refractivity contribution in [3.63, 3.8) is 0 Å². The van der Waals surface area contributed by atoms with Gasteiger partial charge in [-0.05, 0) is 37.3 Å². The minimum Gasteiger partial charge on any atom is -0.350 e. The van der Waals surface area contributed by atoms with Crippen LogP contribution >= 0.6 is 0 Å². The predicted molar refractivity (Wildman–Crippen MR) is 102 cm³/mol. The Morgan fingerprint density at radius 2 is 1.64 bits per heavy atom. The highest BCUT2D eigenvalue weighted by molar-refractivity contribution is 6.09. The second kappa shape index (κ2) is 6.93. The number of carbonyl (C=O) groups is 1. The number of hydrogen-bond acceptors (Lipinski definition) is 2. The summed E-state index contributed by atoms with van der Waals surface area (Å²) in [5.41, 5.74) is 7.32. The topological polar surface area (TPSA) is 57.2 Å². The number of amides is 1. The van der Waals surface area contributed by atoms with Gasteiger partial charge in [0.05, 0.1) is 0 Å². The van der Waals surface area contributed by atoms with Gasteiger partial charge >= 0.3 is 0 Å². The van der Waals surface area contributed by atoms with Gasteiger partial charge in [-0.25, -0.2) is 5.43 Å². The number of para-hydroxylation sites is 1. The average molecular weight is 331 g/mol. The molecule has 4 heteroatoms. The summed E-state index contributed by atoms with van der Waals surface area (Å²) >= 11 is 0. The lowest BCUT2D eigenvalue weighted by Crippen LogP contribution is -2.21. The van der Waals surface area contributed by atoms with Gasteiger partial charge in [-0.3, -0.25) is 4.79 Å². The molecule has 0 bridgehead atoms. The van der Waals surface area contributed by atoms with E-state index in [9.17, 15) is 4.79 Å². The van der Waals surface area contributed by atoms with E-state index in [2.05, 4.69) is 15.5 Å². The first-order chi connectivity index (χ1) is 12.3.